The van der Waals surface area contributed by atoms with Gasteiger partial charge in [0.1, 0.15) is 34.8 Å². The van der Waals surface area contributed by atoms with Gasteiger partial charge in [-0.05, 0) is 106 Å². The molecule has 9 aromatic carbocycles. The summed E-state index contributed by atoms with van der Waals surface area (Å²) in [6.07, 6.45) is 0. The van der Waals surface area contributed by atoms with Crippen LogP contribution >= 0.6 is 0 Å². The third-order valence-electron chi connectivity index (χ3n) is 13.0. The Morgan fingerprint density at radius 3 is 0.762 bits per heavy atom. The minimum absolute atomic E-state index is 0.000622. The van der Waals surface area contributed by atoms with Crippen molar-refractivity contribution in [2.75, 3.05) is 9.80 Å². The zero-order chi connectivity index (χ0) is 55.0. The van der Waals surface area contributed by atoms with E-state index in [0.29, 0.717) is 0 Å². The molecule has 80 heavy (non-hydrogen) atoms. The van der Waals surface area contributed by atoms with Gasteiger partial charge in [-0.2, -0.15) is 15.8 Å². The number of hydrogen-bond donors (Lipinski definition) is 0. The van der Waals surface area contributed by atoms with Gasteiger partial charge in [0.05, 0.1) is 0 Å². The molecule has 0 spiro atoms. The molecule has 370 valence electrons. The molecule has 0 saturated carbocycles. The number of nitriles is 3. The maximum atomic E-state index is 9.30. The van der Waals surface area contributed by atoms with Crippen LogP contribution < -0.4 is 9.80 Å². The number of aromatic nitrogens is 6. The molecule has 12 aromatic rings. The van der Waals surface area contributed by atoms with Crippen molar-refractivity contribution < 1.29 is 0 Å². The molecule has 14 nitrogen and oxygen atoms in total. The summed E-state index contributed by atoms with van der Waals surface area (Å²) in [6, 6.07) is 82.8. The van der Waals surface area contributed by atoms with Crippen molar-refractivity contribution in [1.29, 1.82) is 15.8 Å². The van der Waals surface area contributed by atoms with Gasteiger partial charge in [0.2, 0.25) is 11.0 Å². The van der Waals surface area contributed by atoms with E-state index in [0.717, 1.165) is 34.1 Å². The van der Waals surface area contributed by atoms with Crippen molar-refractivity contribution in [1.82, 2.24) is 29.9 Å². The molecule has 12 rings (SSSR count). The summed E-state index contributed by atoms with van der Waals surface area (Å²) in [5.41, 5.74) is 13.0. The largest absolute Gasteiger partial charge is 0.370 e. The Morgan fingerprint density at radius 2 is 0.487 bits per heavy atom. The quantitative estimate of drug-likeness (QED) is 0.0996. The van der Waals surface area contributed by atoms with Crippen LogP contribution in [-0.4, -0.2) is 29.9 Å². The molecule has 0 bridgehead atoms. The first-order valence-electron chi connectivity index (χ1n) is 24.7. The van der Waals surface area contributed by atoms with Gasteiger partial charge < -0.3 is 24.3 Å². The second-order valence-electron chi connectivity index (χ2n) is 17.7. The molecular weight excluding hydrogens is 989 g/mol. The monoisotopic (exact) mass is 1020 g/mol. The van der Waals surface area contributed by atoms with E-state index in [-0.39, 0.29) is 67.6 Å². The van der Waals surface area contributed by atoms with Crippen molar-refractivity contribution in [3.05, 3.63) is 270 Å². The summed E-state index contributed by atoms with van der Waals surface area (Å²) in [6.45, 7) is 21.7. The van der Waals surface area contributed by atoms with Crippen LogP contribution in [0, 0.1) is 53.7 Å². The van der Waals surface area contributed by atoms with E-state index in [2.05, 4.69) is 273 Å². The molecule has 0 amide bonds. The molecule has 0 atom stereocenters. The predicted molar refractivity (Wildman–Crippen MR) is 311 cm³/mol. The maximum absolute atomic E-state index is 9.30. The predicted octanol–water partition coefficient (Wildman–Crippen LogP) is 16.4. The van der Waals surface area contributed by atoms with Crippen molar-refractivity contribution in [3.8, 4) is 51.6 Å². The van der Waals surface area contributed by atoms with Gasteiger partial charge in [0.25, 0.3) is 17.2 Å². The zero-order valence-electron chi connectivity index (χ0n) is 42.0. The van der Waals surface area contributed by atoms with Crippen LogP contribution in [0.3, 0.4) is 0 Å². The normalized spacial score (nSPS) is 10.4. The number of benzene rings is 9. The fourth-order valence-corrected chi connectivity index (χ4v) is 9.25. The molecule has 3 aromatic heterocycles. The molecule has 0 aliphatic heterocycles. The highest BCUT2D eigenvalue weighted by molar-refractivity contribution is 6.19. The van der Waals surface area contributed by atoms with Gasteiger partial charge in [0, 0.05) is 34.1 Å². The van der Waals surface area contributed by atoms with Crippen molar-refractivity contribution >= 4 is 84.7 Å². The van der Waals surface area contributed by atoms with Gasteiger partial charge in [-0.1, -0.05) is 165 Å². The number of fused-ring (bicyclic) bond motifs is 6. The Labute approximate surface area is 459 Å². The molecule has 3 heterocycles. The van der Waals surface area contributed by atoms with Crippen LogP contribution in [0.5, 0.6) is 0 Å². The number of hydrogen-bond acceptors (Lipinski definition) is 11. The Morgan fingerprint density at radius 1 is 0.263 bits per heavy atom. The highest BCUT2D eigenvalue weighted by Gasteiger charge is 2.28. The van der Waals surface area contributed by atoms with E-state index in [9.17, 15) is 15.8 Å². The third-order valence-corrected chi connectivity index (χ3v) is 13.0. The summed E-state index contributed by atoms with van der Waals surface area (Å²) in [7, 11) is 0. The van der Waals surface area contributed by atoms with Gasteiger partial charge in [-0.15, -0.1) is 15.0 Å². The van der Waals surface area contributed by atoms with Crippen LogP contribution in [0.25, 0.3) is 81.0 Å². The zero-order valence-corrected chi connectivity index (χ0v) is 42.0. The molecule has 0 fully saturated rings. The molecule has 14 heteroatoms. The lowest BCUT2D eigenvalue weighted by molar-refractivity contribution is 1.19. The van der Waals surface area contributed by atoms with Crippen LogP contribution in [-0.2, 0) is 0 Å². The Bertz CT molecular complexity index is 4030. The lowest BCUT2D eigenvalue weighted by Crippen LogP contribution is -2.10. The summed E-state index contributed by atoms with van der Waals surface area (Å²) in [4.78, 5) is 39.0. The number of anilines is 6. The minimum Gasteiger partial charge on any atom is -0.370 e. The van der Waals surface area contributed by atoms with E-state index in [4.69, 9.17) is 19.7 Å². The van der Waals surface area contributed by atoms with Gasteiger partial charge >= 0.3 is 5.82 Å². The third kappa shape index (κ3) is 9.73. The Balaban J connectivity index is 0.000000192. The highest BCUT2D eigenvalue weighted by Crippen LogP contribution is 2.40. The fourth-order valence-electron chi connectivity index (χ4n) is 9.25. The minimum atomic E-state index is -0.298. The first-order valence-corrected chi connectivity index (χ1v) is 24.7. The average Bonchev–Trinajstić information content (AvgIpc) is 3.59. The summed E-state index contributed by atoms with van der Waals surface area (Å²) in [5, 5.41) is 27.9. The summed E-state index contributed by atoms with van der Waals surface area (Å²) >= 11 is 0. The second-order valence-corrected chi connectivity index (χ2v) is 17.7. The standard InChI is InChI=1S/C48H36N2.C18N12/c1-5-13-37(14-6-1)39-21-29-45(30-22-39)49(43-17-9-3-10-18-43)47-33-25-41(26-34-47)42-27-35-48(36-28-42)50(44-19-11-4-12-20-44)46-31-23-40(24-32-46)38-15-7-2-8-16-38;1-22-16-9(6-21)27-12-10-11(26-8(5-20)7(4-19)25-10)14-15(13(12)28-16)30-18(24-3)17(23-2)29-14/h1-36H;. The molecule has 0 aliphatic rings. The lowest BCUT2D eigenvalue weighted by Gasteiger charge is -2.26. The molecule has 0 aliphatic carbocycles. The smallest absolute Gasteiger partial charge is 0.307 e. The van der Waals surface area contributed by atoms with E-state index >= 15 is 0 Å². The van der Waals surface area contributed by atoms with Crippen molar-refractivity contribution in [2.24, 2.45) is 0 Å². The molecular formula is C66H36N14. The van der Waals surface area contributed by atoms with Crippen LogP contribution in [0.15, 0.2) is 218 Å². The summed E-state index contributed by atoms with van der Waals surface area (Å²) in [5.74, 6) is -0.890. The van der Waals surface area contributed by atoms with Gasteiger partial charge in [-0.3, -0.25) is 0 Å². The Kier molecular flexibility index (Phi) is 13.8. The van der Waals surface area contributed by atoms with E-state index in [1.54, 1.807) is 18.2 Å². The van der Waals surface area contributed by atoms with Crippen LogP contribution in [0.4, 0.5) is 51.6 Å². The molecule has 0 saturated heterocycles. The number of rotatable bonds is 9. The molecule has 0 radical (unpaired) electrons. The number of nitrogens with zero attached hydrogens (tertiary/aromatic N) is 14. The topological polar surface area (TPSA) is 168 Å². The van der Waals surface area contributed by atoms with Gasteiger partial charge in [0.15, 0.2) is 17.1 Å². The van der Waals surface area contributed by atoms with E-state index < -0.39 is 0 Å². The van der Waals surface area contributed by atoms with Crippen molar-refractivity contribution in [3.63, 3.8) is 0 Å². The SMILES string of the molecule is [C-]#[N+]c1nc2c(nc1C#N)c1nc(C#N)c(C#N)nc1c1nc([N+]#[C-])c([N+]#[C-])nc21.c1ccc(-c2ccc(N(c3ccccc3)c3ccc(-c4ccc(N(c5ccccc5)c5ccc(-c6ccccc6)cc5)cc4)cc3)cc2)cc1. The maximum Gasteiger partial charge on any atom is 0.307 e. The average molecular weight is 1030 g/mol. The van der Waals surface area contributed by atoms with E-state index in [1.807, 2.05) is 0 Å². The fraction of sp³-hybridized carbons (Fsp3) is 0. The van der Waals surface area contributed by atoms with E-state index in [1.165, 1.54) is 33.4 Å². The van der Waals surface area contributed by atoms with Gasteiger partial charge in [-0.25, -0.2) is 15.0 Å². The van der Waals surface area contributed by atoms with Crippen molar-refractivity contribution in [2.45, 2.75) is 0 Å². The lowest BCUT2D eigenvalue weighted by atomic mass is 10.0. The Hall–Kier alpha value is -12.5. The highest BCUT2D eigenvalue weighted by atomic mass is 15.1. The van der Waals surface area contributed by atoms with Crippen LogP contribution in [0.1, 0.15) is 17.1 Å². The van der Waals surface area contributed by atoms with Crippen LogP contribution in [0.2, 0.25) is 0 Å². The number of para-hydroxylation sites is 2. The molecule has 0 N–H and O–H groups in total. The first kappa shape index (κ1) is 49.7. The summed E-state index contributed by atoms with van der Waals surface area (Å²) < 4.78 is 0. The second kappa shape index (κ2) is 22.2. The first-order chi connectivity index (χ1) is 39.4. The molecule has 0 unspecified atom stereocenters.